The highest BCUT2D eigenvalue weighted by molar-refractivity contribution is 5.66. The third-order valence-corrected chi connectivity index (χ3v) is 5.58. The lowest BCUT2D eigenvalue weighted by Gasteiger charge is -2.25. The lowest BCUT2D eigenvalue weighted by atomic mass is 9.90. The number of halogens is 6. The van der Waals surface area contributed by atoms with Gasteiger partial charge in [0.1, 0.15) is 0 Å². The maximum absolute atomic E-state index is 13.1. The van der Waals surface area contributed by atoms with Gasteiger partial charge in [-0.05, 0) is 35.7 Å². The molecule has 11 heteroatoms. The molecule has 3 rings (SSSR count). The number of alkyl halides is 6. The second-order valence-electron chi connectivity index (χ2n) is 7.69. The lowest BCUT2D eigenvalue weighted by Crippen LogP contribution is -2.38. The van der Waals surface area contributed by atoms with Crippen molar-refractivity contribution in [3.63, 3.8) is 0 Å². The Hall–Kier alpha value is -2.79. The van der Waals surface area contributed by atoms with E-state index in [0.29, 0.717) is 17.7 Å². The number of likely N-dealkylation sites (tertiary alicyclic amines) is 1. The van der Waals surface area contributed by atoms with Gasteiger partial charge in [-0.15, -0.1) is 0 Å². The average molecular weight is 477 g/mol. The molecule has 0 radical (unpaired) electrons. The van der Waals surface area contributed by atoms with Gasteiger partial charge < -0.3 is 14.9 Å². The van der Waals surface area contributed by atoms with Crippen molar-refractivity contribution in [3.8, 4) is 0 Å². The zero-order valence-electron chi connectivity index (χ0n) is 17.1. The molecule has 1 fully saturated rings. The molecule has 1 aliphatic rings. The molecule has 0 aliphatic carbocycles. The molecule has 0 aromatic heterocycles. The summed E-state index contributed by atoms with van der Waals surface area (Å²) in [5.74, 6) is -0.556. The van der Waals surface area contributed by atoms with Crippen LogP contribution in [0.15, 0.2) is 48.5 Å². The molecule has 0 saturated carbocycles. The van der Waals surface area contributed by atoms with E-state index in [1.54, 1.807) is 30.3 Å². The van der Waals surface area contributed by atoms with Gasteiger partial charge >= 0.3 is 18.4 Å². The minimum Gasteiger partial charge on any atom is -0.465 e. The number of hydrogen-bond acceptors (Lipinski definition) is 3. The van der Waals surface area contributed by atoms with Crippen molar-refractivity contribution in [1.29, 1.82) is 0 Å². The van der Waals surface area contributed by atoms with Crippen LogP contribution in [0, 0.1) is 0 Å². The summed E-state index contributed by atoms with van der Waals surface area (Å²) in [6.07, 6.45) is -12.2. The van der Waals surface area contributed by atoms with Gasteiger partial charge in [0.2, 0.25) is 0 Å². The maximum atomic E-state index is 13.1. The van der Waals surface area contributed by atoms with Gasteiger partial charge in [0.15, 0.2) is 0 Å². The van der Waals surface area contributed by atoms with Gasteiger partial charge in [-0.2, -0.15) is 26.3 Å². The highest BCUT2D eigenvalue weighted by Crippen LogP contribution is 2.38. The van der Waals surface area contributed by atoms with E-state index in [1.165, 1.54) is 0 Å². The number of hydrogen-bond donors (Lipinski definition) is 2. The fourth-order valence-electron chi connectivity index (χ4n) is 4.08. The summed E-state index contributed by atoms with van der Waals surface area (Å²) in [7, 11) is 0. The Bertz CT molecular complexity index is 931. The largest absolute Gasteiger partial charge is 0.465 e. The monoisotopic (exact) mass is 477 g/mol. The zero-order chi connectivity index (χ0) is 24.4. The number of benzene rings is 2. The quantitative estimate of drug-likeness (QED) is 0.587. The van der Waals surface area contributed by atoms with Crippen LogP contribution in [-0.4, -0.2) is 53.1 Å². The van der Waals surface area contributed by atoms with Crippen molar-refractivity contribution in [2.75, 3.05) is 19.8 Å². The molecule has 0 spiro atoms. The van der Waals surface area contributed by atoms with Gasteiger partial charge in [0, 0.05) is 5.92 Å². The summed E-state index contributed by atoms with van der Waals surface area (Å²) in [4.78, 5) is 12.6. The molecule has 2 aromatic carbocycles. The van der Waals surface area contributed by atoms with E-state index in [0.717, 1.165) is 4.90 Å². The molecule has 3 unspecified atom stereocenters. The molecule has 2 aromatic rings. The molecule has 1 aliphatic heterocycles. The summed E-state index contributed by atoms with van der Waals surface area (Å²) in [5, 5.41) is 19.2. The van der Waals surface area contributed by atoms with Crippen LogP contribution in [0.2, 0.25) is 0 Å². The van der Waals surface area contributed by atoms with E-state index < -0.39 is 54.2 Å². The maximum Gasteiger partial charge on any atom is 0.416 e. The SMILES string of the molecule is O=C(O)N1CC(OCCc2cc(C(F)(F)F)cc(C(F)(F)F)c2)C(c2ccccc2)C1CO. The highest BCUT2D eigenvalue weighted by atomic mass is 19.4. The van der Waals surface area contributed by atoms with Crippen molar-refractivity contribution in [2.24, 2.45) is 0 Å². The van der Waals surface area contributed by atoms with Gasteiger partial charge in [0.25, 0.3) is 0 Å². The Morgan fingerprint density at radius 3 is 2.06 bits per heavy atom. The molecule has 1 heterocycles. The summed E-state index contributed by atoms with van der Waals surface area (Å²) in [6, 6.07) is 9.21. The number of aliphatic hydroxyl groups excluding tert-OH is 1. The number of aliphatic hydroxyl groups is 1. The molecular weight excluding hydrogens is 456 g/mol. The first kappa shape index (κ1) is 24.8. The van der Waals surface area contributed by atoms with Crippen LogP contribution in [0.5, 0.6) is 0 Å². The molecule has 1 saturated heterocycles. The smallest absolute Gasteiger partial charge is 0.416 e. The number of amides is 1. The van der Waals surface area contributed by atoms with Crippen LogP contribution >= 0.6 is 0 Å². The van der Waals surface area contributed by atoms with Crippen molar-refractivity contribution in [1.82, 2.24) is 4.90 Å². The second kappa shape index (κ2) is 9.60. The Balaban J connectivity index is 1.80. The Morgan fingerprint density at radius 2 is 1.58 bits per heavy atom. The molecule has 3 atom stereocenters. The van der Waals surface area contributed by atoms with Gasteiger partial charge in [0.05, 0.1) is 43.0 Å². The number of carboxylic acid groups (broad SMARTS) is 1. The van der Waals surface area contributed by atoms with E-state index in [9.17, 15) is 41.4 Å². The molecule has 1 amide bonds. The standard InChI is InChI=1S/C22H21F6NO4/c23-21(24,25)15-8-13(9-16(10-15)22(26,27)28)6-7-33-18-11-29(20(31)32)17(12-30)19(18)14-4-2-1-3-5-14/h1-5,8-10,17-19,30H,6-7,11-12H2,(H,31,32). The van der Waals surface area contributed by atoms with E-state index in [-0.39, 0.29) is 31.2 Å². The van der Waals surface area contributed by atoms with Gasteiger partial charge in [-0.25, -0.2) is 4.79 Å². The second-order valence-corrected chi connectivity index (χ2v) is 7.69. The predicted molar refractivity (Wildman–Crippen MR) is 105 cm³/mol. The number of nitrogens with zero attached hydrogens (tertiary/aromatic N) is 1. The molecule has 33 heavy (non-hydrogen) atoms. The zero-order valence-corrected chi connectivity index (χ0v) is 17.1. The van der Waals surface area contributed by atoms with Crippen molar-refractivity contribution in [2.45, 2.75) is 36.8 Å². The molecular formula is C22H21F6NO4. The summed E-state index contributed by atoms with van der Waals surface area (Å²) >= 11 is 0. The molecule has 0 bridgehead atoms. The summed E-state index contributed by atoms with van der Waals surface area (Å²) < 4.78 is 84.1. The van der Waals surface area contributed by atoms with Gasteiger partial charge in [-0.1, -0.05) is 30.3 Å². The van der Waals surface area contributed by atoms with Crippen LogP contribution < -0.4 is 0 Å². The summed E-state index contributed by atoms with van der Waals surface area (Å²) in [6.45, 7) is -0.816. The Kier molecular flexibility index (Phi) is 7.23. The van der Waals surface area contributed by atoms with E-state index in [1.807, 2.05) is 0 Å². The lowest BCUT2D eigenvalue weighted by molar-refractivity contribution is -0.143. The number of rotatable bonds is 6. The van der Waals surface area contributed by atoms with E-state index in [4.69, 9.17) is 4.74 Å². The average Bonchev–Trinajstić information content (AvgIpc) is 3.12. The third kappa shape index (κ3) is 5.77. The first-order valence-corrected chi connectivity index (χ1v) is 9.97. The van der Waals surface area contributed by atoms with Crippen LogP contribution in [0.25, 0.3) is 0 Å². The highest BCUT2D eigenvalue weighted by Gasteiger charge is 2.45. The van der Waals surface area contributed by atoms with Crippen LogP contribution in [-0.2, 0) is 23.5 Å². The fraction of sp³-hybridized carbons (Fsp3) is 0.409. The fourth-order valence-corrected chi connectivity index (χ4v) is 4.08. The van der Waals surface area contributed by atoms with Crippen molar-refractivity contribution >= 4 is 6.09 Å². The van der Waals surface area contributed by atoms with Crippen molar-refractivity contribution in [3.05, 3.63) is 70.8 Å². The number of ether oxygens (including phenoxy) is 1. The minimum absolute atomic E-state index is 0.0589. The molecule has 5 nitrogen and oxygen atoms in total. The Labute approximate surface area is 185 Å². The number of carbonyl (C=O) groups is 1. The van der Waals surface area contributed by atoms with Crippen LogP contribution in [0.4, 0.5) is 31.1 Å². The van der Waals surface area contributed by atoms with Crippen molar-refractivity contribution < 1.29 is 46.1 Å². The van der Waals surface area contributed by atoms with Crippen LogP contribution in [0.1, 0.15) is 28.2 Å². The first-order valence-electron chi connectivity index (χ1n) is 9.97. The van der Waals surface area contributed by atoms with E-state index in [2.05, 4.69) is 0 Å². The van der Waals surface area contributed by atoms with E-state index >= 15 is 0 Å². The molecule has 2 N–H and O–H groups in total. The van der Waals surface area contributed by atoms with Gasteiger partial charge in [-0.3, -0.25) is 4.90 Å². The Morgan fingerprint density at radius 1 is 1.00 bits per heavy atom. The molecule has 180 valence electrons. The third-order valence-electron chi connectivity index (χ3n) is 5.58. The first-order chi connectivity index (χ1) is 15.4. The topological polar surface area (TPSA) is 70.0 Å². The normalized spacial score (nSPS) is 21.4. The minimum atomic E-state index is -4.95. The van der Waals surface area contributed by atoms with Crippen LogP contribution in [0.3, 0.4) is 0 Å². The predicted octanol–water partition coefficient (Wildman–Crippen LogP) is 4.79. The summed E-state index contributed by atoms with van der Waals surface area (Å²) in [5.41, 5.74) is -2.33.